The topological polar surface area (TPSA) is 190 Å². The Morgan fingerprint density at radius 3 is 2.64 bits per heavy atom. The number of methoxy groups -OCH3 is 1. The molecule has 3 saturated carbocycles. The number of fused-ring (bicyclic) bond motifs is 4. The number of aliphatic hydroxyl groups is 5. The lowest BCUT2D eigenvalue weighted by Crippen LogP contribution is -2.71. The third-order valence-electron chi connectivity index (χ3n) is 17.3. The normalized spacial score (nSPS) is 51.7. The molecule has 0 radical (unpaired) electrons. The summed E-state index contributed by atoms with van der Waals surface area (Å²) in [6, 6.07) is -0.832. The highest BCUT2D eigenvalue weighted by Crippen LogP contribution is 2.73. The van der Waals surface area contributed by atoms with Gasteiger partial charge in [-0.3, -0.25) is 14.9 Å². The van der Waals surface area contributed by atoms with Crippen LogP contribution < -0.4 is 10.6 Å². The predicted octanol–water partition coefficient (Wildman–Crippen LogP) is 1.20. The van der Waals surface area contributed by atoms with Gasteiger partial charge in [0.25, 0.3) is 0 Å². The lowest BCUT2D eigenvalue weighted by molar-refractivity contribution is -0.211. The molecule has 13 nitrogen and oxygen atoms in total. The second-order valence-corrected chi connectivity index (χ2v) is 20.3. The molecule has 58 heavy (non-hydrogen) atoms. The first-order valence-electron chi connectivity index (χ1n) is 22.0. The molecule has 18 unspecified atom stereocenters. The fourth-order valence-corrected chi connectivity index (χ4v) is 14.0. The van der Waals surface area contributed by atoms with Crippen LogP contribution in [0.3, 0.4) is 0 Å². The maximum atomic E-state index is 14.5. The van der Waals surface area contributed by atoms with Crippen molar-refractivity contribution in [3.8, 4) is 11.8 Å². The number of hydrogen-bond donors (Lipinski definition) is 7. The Morgan fingerprint density at radius 1 is 1.09 bits per heavy atom. The number of piperidine rings is 1. The number of nitrogens with zero attached hydrogens (tertiary/aromatic N) is 1. The van der Waals surface area contributed by atoms with E-state index in [0.29, 0.717) is 83.4 Å². The van der Waals surface area contributed by atoms with E-state index in [1.54, 1.807) is 33.1 Å². The van der Waals surface area contributed by atoms with Crippen molar-refractivity contribution < 1.29 is 49.3 Å². The first kappa shape index (κ1) is 41.1. The molecule has 0 aromatic heterocycles. The third-order valence-corrected chi connectivity index (χ3v) is 17.3. The number of aliphatic hydroxyl groups excluding tert-OH is 2. The predicted molar refractivity (Wildman–Crippen MR) is 211 cm³/mol. The number of ether oxygens (including phenoxy) is 3. The molecule has 11 rings (SSSR count). The van der Waals surface area contributed by atoms with Gasteiger partial charge in [-0.25, -0.2) is 0 Å². The summed E-state index contributed by atoms with van der Waals surface area (Å²) >= 11 is 0. The van der Waals surface area contributed by atoms with Gasteiger partial charge in [0.15, 0.2) is 11.5 Å². The van der Waals surface area contributed by atoms with Gasteiger partial charge in [0.1, 0.15) is 12.2 Å². The summed E-state index contributed by atoms with van der Waals surface area (Å²) in [4.78, 5) is 30.7. The van der Waals surface area contributed by atoms with Crippen LogP contribution in [0.5, 0.6) is 0 Å². The summed E-state index contributed by atoms with van der Waals surface area (Å²) in [6.45, 7) is 9.84. The van der Waals surface area contributed by atoms with E-state index in [1.807, 2.05) is 17.9 Å². The van der Waals surface area contributed by atoms with Crippen LogP contribution in [0.1, 0.15) is 85.5 Å². The van der Waals surface area contributed by atoms with Gasteiger partial charge in [-0.2, -0.15) is 0 Å². The molecule has 0 aromatic carbocycles. The van der Waals surface area contributed by atoms with Gasteiger partial charge < -0.3 is 50.0 Å². The molecule has 6 heterocycles. The molecule has 6 aliphatic heterocycles. The van der Waals surface area contributed by atoms with Gasteiger partial charge in [0, 0.05) is 75.5 Å². The zero-order chi connectivity index (χ0) is 41.2. The zero-order valence-electron chi connectivity index (χ0n) is 34.8. The summed E-state index contributed by atoms with van der Waals surface area (Å²) in [5.41, 5.74) is -6.64. The van der Waals surface area contributed by atoms with Gasteiger partial charge in [-0.1, -0.05) is 25.8 Å². The van der Waals surface area contributed by atoms with Gasteiger partial charge in [0.05, 0.1) is 47.0 Å². The smallest absolute Gasteiger partial charge is 0.240 e. The summed E-state index contributed by atoms with van der Waals surface area (Å²) in [6.07, 6.45) is 6.41. The molecule has 1 amide bonds. The molecule has 320 valence electrons. The van der Waals surface area contributed by atoms with E-state index < -0.39 is 75.5 Å². The maximum Gasteiger partial charge on any atom is 0.240 e. The van der Waals surface area contributed by atoms with E-state index in [2.05, 4.69) is 29.4 Å². The quantitative estimate of drug-likeness (QED) is 0.0765. The van der Waals surface area contributed by atoms with Crippen molar-refractivity contribution in [1.29, 1.82) is 0 Å². The van der Waals surface area contributed by atoms with Crippen molar-refractivity contribution in [2.75, 3.05) is 40.0 Å². The standard InChI is InChI=1S/C45H65N3O10/c1-25(49)22-46-23-29-34-28-10-15-45(55)38(34)58-36(29)37(51)42(4,53)32-11-14-44(54)33-21-31(50)30-20-27(57-19-7-18-56-5)9-13-40(30,2)43(33,17-16-41(32,44)3)12-6-8-26-24-48(26)39(52)35(28)47-45/h10,15,21,25-30,32,34-38,46-47,49,51,53-55H,7-9,11,13-14,16-20,22-24H2,1-5H3. The first-order valence-corrected chi connectivity index (χ1v) is 22.0. The van der Waals surface area contributed by atoms with Crippen LogP contribution in [0.15, 0.2) is 23.8 Å². The lowest BCUT2D eigenvalue weighted by Gasteiger charge is -2.64. The number of carbonyl (C=O) groups excluding carboxylic acids is 2. The average molecular weight is 808 g/mol. The SMILES string of the molecule is COCCCOC1CCC2(C)C(C1)C(=O)C=C1C3(O)CCC4C(C)(O)C(O)C5OC6C(C7C=CC6(O)NC7C(=O)N6CC6CC#CC12CCC43C)C5CNCC(C)O. The van der Waals surface area contributed by atoms with Crippen molar-refractivity contribution in [2.45, 2.75) is 145 Å². The monoisotopic (exact) mass is 807 g/mol. The van der Waals surface area contributed by atoms with Crippen LogP contribution in [0.2, 0.25) is 0 Å². The fraction of sp³-hybridized carbons (Fsp3) is 0.822. The van der Waals surface area contributed by atoms with Crippen molar-refractivity contribution in [3.63, 3.8) is 0 Å². The van der Waals surface area contributed by atoms with E-state index in [4.69, 9.17) is 14.2 Å². The van der Waals surface area contributed by atoms with Crippen LogP contribution >= 0.6 is 0 Å². The van der Waals surface area contributed by atoms with Crippen molar-refractivity contribution in [3.05, 3.63) is 23.8 Å². The highest BCUT2D eigenvalue weighted by atomic mass is 16.5. The second kappa shape index (κ2) is 14.2. The summed E-state index contributed by atoms with van der Waals surface area (Å²) < 4.78 is 18.2. The van der Waals surface area contributed by atoms with Crippen molar-refractivity contribution in [1.82, 2.24) is 15.5 Å². The molecule has 3 saturated heterocycles. The molecule has 7 N–H and O–H groups in total. The van der Waals surface area contributed by atoms with Gasteiger partial charge in [0.2, 0.25) is 5.91 Å². The molecule has 18 atom stereocenters. The van der Waals surface area contributed by atoms with Crippen LogP contribution in [0, 0.1) is 57.7 Å². The Morgan fingerprint density at radius 2 is 1.88 bits per heavy atom. The van der Waals surface area contributed by atoms with Gasteiger partial charge in [-0.15, -0.1) is 5.92 Å². The van der Waals surface area contributed by atoms with Crippen molar-refractivity contribution in [2.24, 2.45) is 45.8 Å². The number of allylic oxidation sites excluding steroid dienone is 1. The minimum absolute atomic E-state index is 0.0174. The minimum Gasteiger partial charge on any atom is -0.392 e. The number of carbonyl (C=O) groups is 2. The minimum atomic E-state index is -1.77. The highest BCUT2D eigenvalue weighted by Gasteiger charge is 2.74. The number of ketones is 1. The van der Waals surface area contributed by atoms with E-state index in [9.17, 15) is 35.1 Å². The number of amides is 1. The Kier molecular flexibility index (Phi) is 10.0. The molecular weight excluding hydrogens is 743 g/mol. The number of hydrogen-bond acceptors (Lipinski definition) is 12. The van der Waals surface area contributed by atoms with E-state index in [1.165, 1.54) is 0 Å². The number of nitrogens with one attached hydrogen (secondary N) is 2. The molecule has 11 aliphatic rings. The highest BCUT2D eigenvalue weighted by molar-refractivity contribution is 5.96. The number of rotatable bonds is 9. The Bertz CT molecular complexity index is 1810. The average Bonchev–Trinajstić information content (AvgIpc) is 3.75. The van der Waals surface area contributed by atoms with E-state index >= 15 is 0 Å². The zero-order valence-corrected chi connectivity index (χ0v) is 34.8. The van der Waals surface area contributed by atoms with Gasteiger partial charge in [-0.05, 0) is 94.3 Å². The maximum absolute atomic E-state index is 14.5. The molecule has 5 aliphatic carbocycles. The molecule has 9 bridgehead atoms. The molecule has 1 spiro atoms. The summed E-state index contributed by atoms with van der Waals surface area (Å²) in [5.74, 6) is 5.04. The van der Waals surface area contributed by atoms with Crippen LogP contribution in [0.4, 0.5) is 0 Å². The lowest BCUT2D eigenvalue weighted by atomic mass is 9.39. The summed E-state index contributed by atoms with van der Waals surface area (Å²) in [7, 11) is 1.67. The van der Waals surface area contributed by atoms with Crippen LogP contribution in [0.25, 0.3) is 0 Å². The molecule has 6 fully saturated rings. The Balaban J connectivity index is 1.13. The Labute approximate surface area is 342 Å². The second-order valence-electron chi connectivity index (χ2n) is 20.3. The molecular formula is C45H65N3O10. The Hall–Kier alpha value is -2.22. The van der Waals surface area contributed by atoms with E-state index in [0.717, 1.165) is 12.8 Å². The van der Waals surface area contributed by atoms with Crippen molar-refractivity contribution >= 4 is 11.7 Å². The fourth-order valence-electron chi connectivity index (χ4n) is 14.0. The molecule has 0 aromatic rings. The first-order chi connectivity index (χ1) is 27.5. The third kappa shape index (κ3) is 5.80. The molecule has 13 heteroatoms. The van der Waals surface area contributed by atoms with Gasteiger partial charge >= 0.3 is 0 Å². The largest absolute Gasteiger partial charge is 0.392 e. The summed E-state index contributed by atoms with van der Waals surface area (Å²) in [5, 5.41) is 67.6. The van der Waals surface area contributed by atoms with E-state index in [-0.39, 0.29) is 41.6 Å². The van der Waals surface area contributed by atoms with Crippen LogP contribution in [-0.4, -0.2) is 142 Å². The van der Waals surface area contributed by atoms with Crippen LogP contribution in [-0.2, 0) is 23.8 Å².